The molecule has 1 saturated heterocycles. The standard InChI is InChI=1S/C18H24N4O2.2ClH/c1-13-16(14(2)24-20-13)12-21-8-10-22(11-9-21)18(23)17(19)15-6-4-3-5-7-15;;/h3-7,17H,8-12,19H2,1-2H3;2*1H. The number of hydrogen-bond acceptors (Lipinski definition) is 5. The van der Waals surface area contributed by atoms with Gasteiger partial charge in [0.05, 0.1) is 5.69 Å². The van der Waals surface area contributed by atoms with E-state index in [1.54, 1.807) is 0 Å². The van der Waals surface area contributed by atoms with E-state index in [0.717, 1.165) is 42.2 Å². The number of hydrogen-bond donors (Lipinski definition) is 1. The van der Waals surface area contributed by atoms with E-state index in [1.165, 1.54) is 0 Å². The van der Waals surface area contributed by atoms with Crippen LogP contribution >= 0.6 is 24.8 Å². The molecule has 8 heteroatoms. The third-order valence-electron chi connectivity index (χ3n) is 4.67. The lowest BCUT2D eigenvalue weighted by Gasteiger charge is -2.35. The Balaban J connectivity index is 0.00000169. The van der Waals surface area contributed by atoms with Crippen LogP contribution in [0.4, 0.5) is 0 Å². The van der Waals surface area contributed by atoms with E-state index in [9.17, 15) is 4.79 Å². The topological polar surface area (TPSA) is 75.6 Å². The summed E-state index contributed by atoms with van der Waals surface area (Å²) in [5, 5.41) is 4.00. The molecule has 0 spiro atoms. The highest BCUT2D eigenvalue weighted by molar-refractivity contribution is 5.85. The van der Waals surface area contributed by atoms with Crippen molar-refractivity contribution in [2.45, 2.75) is 26.4 Å². The number of carbonyl (C=O) groups is 1. The summed E-state index contributed by atoms with van der Waals surface area (Å²) in [6.07, 6.45) is 0. The third kappa shape index (κ3) is 4.98. The monoisotopic (exact) mass is 400 g/mol. The van der Waals surface area contributed by atoms with Crippen molar-refractivity contribution >= 4 is 30.7 Å². The number of carbonyl (C=O) groups excluding carboxylic acids is 1. The average molecular weight is 401 g/mol. The number of nitrogens with two attached hydrogens (primary N) is 1. The zero-order valence-electron chi connectivity index (χ0n) is 15.1. The number of aromatic nitrogens is 1. The second-order valence-electron chi connectivity index (χ2n) is 6.29. The van der Waals surface area contributed by atoms with Gasteiger partial charge in [0.2, 0.25) is 5.91 Å². The minimum absolute atomic E-state index is 0. The van der Waals surface area contributed by atoms with Crippen LogP contribution in [0.25, 0.3) is 0 Å². The fourth-order valence-electron chi connectivity index (χ4n) is 3.08. The summed E-state index contributed by atoms with van der Waals surface area (Å²) >= 11 is 0. The highest BCUT2D eigenvalue weighted by Gasteiger charge is 2.26. The van der Waals surface area contributed by atoms with Gasteiger partial charge in [0.25, 0.3) is 0 Å². The Morgan fingerprint density at radius 3 is 2.31 bits per heavy atom. The minimum atomic E-state index is -0.583. The van der Waals surface area contributed by atoms with Crippen molar-refractivity contribution in [3.8, 4) is 0 Å². The second-order valence-corrected chi connectivity index (χ2v) is 6.29. The molecule has 1 atom stereocenters. The quantitative estimate of drug-likeness (QED) is 0.852. The van der Waals surface area contributed by atoms with Crippen molar-refractivity contribution in [1.29, 1.82) is 0 Å². The summed E-state index contributed by atoms with van der Waals surface area (Å²) in [6, 6.07) is 8.95. The molecule has 1 unspecified atom stereocenters. The maximum Gasteiger partial charge on any atom is 0.244 e. The van der Waals surface area contributed by atoms with Gasteiger partial charge in [0.1, 0.15) is 11.8 Å². The first kappa shape index (κ1) is 22.4. The Kier molecular flexibility index (Phi) is 8.56. The largest absolute Gasteiger partial charge is 0.361 e. The van der Waals surface area contributed by atoms with Crippen LogP contribution in [0.3, 0.4) is 0 Å². The number of halogens is 2. The van der Waals surface area contributed by atoms with Gasteiger partial charge in [-0.1, -0.05) is 35.5 Å². The number of aryl methyl sites for hydroxylation is 2. The summed E-state index contributed by atoms with van der Waals surface area (Å²) in [7, 11) is 0. The van der Waals surface area contributed by atoms with Crippen molar-refractivity contribution in [3.63, 3.8) is 0 Å². The van der Waals surface area contributed by atoms with Crippen LogP contribution in [0.5, 0.6) is 0 Å². The summed E-state index contributed by atoms with van der Waals surface area (Å²) in [5.74, 6) is 0.871. The van der Waals surface area contributed by atoms with Gasteiger partial charge in [-0.15, -0.1) is 24.8 Å². The zero-order chi connectivity index (χ0) is 17.1. The van der Waals surface area contributed by atoms with Crippen molar-refractivity contribution in [1.82, 2.24) is 15.0 Å². The summed E-state index contributed by atoms with van der Waals surface area (Å²) in [4.78, 5) is 16.8. The van der Waals surface area contributed by atoms with Crippen LogP contribution in [-0.2, 0) is 11.3 Å². The molecule has 1 fully saturated rings. The Hall–Kier alpha value is -1.60. The first-order valence-corrected chi connectivity index (χ1v) is 8.29. The number of nitrogens with zero attached hydrogens (tertiary/aromatic N) is 3. The van der Waals surface area contributed by atoms with E-state index in [-0.39, 0.29) is 30.7 Å². The van der Waals surface area contributed by atoms with Crippen LogP contribution in [0.15, 0.2) is 34.9 Å². The van der Waals surface area contributed by atoms with Crippen LogP contribution in [-0.4, -0.2) is 47.0 Å². The van der Waals surface area contributed by atoms with Crippen molar-refractivity contribution in [3.05, 3.63) is 52.9 Å². The van der Waals surface area contributed by atoms with E-state index >= 15 is 0 Å². The summed E-state index contributed by atoms with van der Waals surface area (Å²) in [6.45, 7) is 7.77. The fourth-order valence-corrected chi connectivity index (χ4v) is 3.08. The molecule has 1 aliphatic rings. The molecular weight excluding hydrogens is 375 g/mol. The van der Waals surface area contributed by atoms with E-state index in [2.05, 4.69) is 10.1 Å². The second kappa shape index (κ2) is 9.92. The lowest BCUT2D eigenvalue weighted by atomic mass is 10.1. The Morgan fingerprint density at radius 1 is 1.15 bits per heavy atom. The van der Waals surface area contributed by atoms with Crippen LogP contribution in [0.2, 0.25) is 0 Å². The number of benzene rings is 1. The average Bonchev–Trinajstić information content (AvgIpc) is 2.94. The maximum absolute atomic E-state index is 12.6. The molecule has 3 rings (SSSR count). The molecule has 1 aromatic heterocycles. The molecule has 6 nitrogen and oxygen atoms in total. The number of piperazine rings is 1. The molecule has 0 bridgehead atoms. The van der Waals surface area contributed by atoms with E-state index in [0.29, 0.717) is 13.1 Å². The molecule has 2 N–H and O–H groups in total. The van der Waals surface area contributed by atoms with Crippen LogP contribution < -0.4 is 5.73 Å². The maximum atomic E-state index is 12.6. The van der Waals surface area contributed by atoms with E-state index in [4.69, 9.17) is 10.3 Å². The molecule has 1 amide bonds. The van der Waals surface area contributed by atoms with Gasteiger partial charge >= 0.3 is 0 Å². The van der Waals surface area contributed by atoms with Gasteiger partial charge in [-0.2, -0.15) is 0 Å². The number of amides is 1. The zero-order valence-corrected chi connectivity index (χ0v) is 16.7. The molecule has 1 aliphatic heterocycles. The molecule has 0 aliphatic carbocycles. The normalized spacial score (nSPS) is 15.7. The highest BCUT2D eigenvalue weighted by atomic mass is 35.5. The molecule has 1 aromatic carbocycles. The Morgan fingerprint density at radius 2 is 1.77 bits per heavy atom. The molecule has 144 valence electrons. The van der Waals surface area contributed by atoms with Gasteiger partial charge in [0.15, 0.2) is 0 Å². The van der Waals surface area contributed by atoms with Gasteiger partial charge in [-0.05, 0) is 19.4 Å². The SMILES string of the molecule is Cc1noc(C)c1CN1CCN(C(=O)C(N)c2ccccc2)CC1.Cl.Cl. The van der Waals surface area contributed by atoms with E-state index < -0.39 is 6.04 Å². The van der Waals surface area contributed by atoms with Crippen molar-refractivity contribution < 1.29 is 9.32 Å². The van der Waals surface area contributed by atoms with E-state index in [1.807, 2.05) is 49.1 Å². The van der Waals surface area contributed by atoms with Crippen LogP contribution in [0.1, 0.15) is 28.6 Å². The Bertz CT molecular complexity index is 681. The molecular formula is C18H26Cl2N4O2. The summed E-state index contributed by atoms with van der Waals surface area (Å²) < 4.78 is 5.22. The minimum Gasteiger partial charge on any atom is -0.361 e. The summed E-state index contributed by atoms with van der Waals surface area (Å²) in [5.41, 5.74) is 9.08. The predicted octanol–water partition coefficient (Wildman–Crippen LogP) is 2.48. The van der Waals surface area contributed by atoms with Crippen molar-refractivity contribution in [2.24, 2.45) is 5.73 Å². The Labute approximate surface area is 166 Å². The lowest BCUT2D eigenvalue weighted by Crippen LogP contribution is -2.50. The molecule has 0 saturated carbocycles. The van der Waals surface area contributed by atoms with Gasteiger partial charge in [-0.25, -0.2) is 0 Å². The fraction of sp³-hybridized carbons (Fsp3) is 0.444. The molecule has 0 radical (unpaired) electrons. The first-order valence-electron chi connectivity index (χ1n) is 8.29. The highest BCUT2D eigenvalue weighted by Crippen LogP contribution is 2.18. The lowest BCUT2D eigenvalue weighted by molar-refractivity contribution is -0.134. The van der Waals surface area contributed by atoms with Gasteiger partial charge in [-0.3, -0.25) is 9.69 Å². The predicted molar refractivity (Wildman–Crippen MR) is 106 cm³/mol. The van der Waals surface area contributed by atoms with Gasteiger partial charge < -0.3 is 15.2 Å². The third-order valence-corrected chi connectivity index (χ3v) is 4.67. The first-order chi connectivity index (χ1) is 11.6. The van der Waals surface area contributed by atoms with Crippen molar-refractivity contribution in [2.75, 3.05) is 26.2 Å². The molecule has 2 heterocycles. The molecule has 2 aromatic rings. The van der Waals surface area contributed by atoms with Crippen LogP contribution in [0, 0.1) is 13.8 Å². The molecule has 26 heavy (non-hydrogen) atoms. The smallest absolute Gasteiger partial charge is 0.244 e. The van der Waals surface area contributed by atoms with Gasteiger partial charge in [0, 0.05) is 38.3 Å². The number of rotatable bonds is 4.